The van der Waals surface area contributed by atoms with Gasteiger partial charge in [-0.05, 0) is 37.3 Å². The number of aromatic nitrogens is 1. The Morgan fingerprint density at radius 2 is 1.96 bits per heavy atom. The summed E-state index contributed by atoms with van der Waals surface area (Å²) in [6, 6.07) is 16.2. The molecule has 0 aliphatic rings. The van der Waals surface area contributed by atoms with Crippen molar-refractivity contribution in [1.29, 1.82) is 0 Å². The van der Waals surface area contributed by atoms with Crippen LogP contribution in [0.1, 0.15) is 11.5 Å². The molecule has 0 fully saturated rings. The van der Waals surface area contributed by atoms with Crippen LogP contribution in [0.25, 0.3) is 11.5 Å². The highest BCUT2D eigenvalue weighted by atomic mass is 35.5. The third-order valence-electron chi connectivity index (χ3n) is 3.41. The first-order chi connectivity index (χ1) is 11.6. The minimum absolute atomic E-state index is 0.272. The average molecular weight is 342 g/mol. The highest BCUT2D eigenvalue weighted by Gasteiger charge is 2.12. The molecule has 0 atom stereocenters. The van der Waals surface area contributed by atoms with E-state index in [4.69, 9.17) is 16.0 Å². The van der Waals surface area contributed by atoms with Crippen LogP contribution in [0.15, 0.2) is 59.0 Å². The molecule has 3 rings (SSSR count). The van der Waals surface area contributed by atoms with Gasteiger partial charge in [0, 0.05) is 16.3 Å². The zero-order chi connectivity index (χ0) is 16.9. The number of aryl methyl sites for hydroxylation is 1. The topological polar surface area (TPSA) is 67.2 Å². The van der Waals surface area contributed by atoms with E-state index in [1.54, 1.807) is 24.3 Å². The van der Waals surface area contributed by atoms with Crippen molar-refractivity contribution in [3.63, 3.8) is 0 Å². The number of carbonyl (C=O) groups excluding carboxylic acids is 1. The molecule has 1 aromatic heterocycles. The van der Waals surface area contributed by atoms with Gasteiger partial charge >= 0.3 is 6.03 Å². The summed E-state index contributed by atoms with van der Waals surface area (Å²) < 4.78 is 5.67. The van der Waals surface area contributed by atoms with Crippen LogP contribution in [0.2, 0.25) is 5.02 Å². The molecule has 2 aromatic carbocycles. The fourth-order valence-corrected chi connectivity index (χ4v) is 2.39. The van der Waals surface area contributed by atoms with Crippen LogP contribution in [-0.4, -0.2) is 11.0 Å². The number of hydrogen-bond donors (Lipinski definition) is 2. The van der Waals surface area contributed by atoms with Crippen molar-refractivity contribution in [3.05, 3.63) is 71.1 Å². The van der Waals surface area contributed by atoms with Gasteiger partial charge in [0.1, 0.15) is 11.5 Å². The van der Waals surface area contributed by atoms with Gasteiger partial charge in [0.2, 0.25) is 5.89 Å². The number of halogens is 1. The Bertz CT molecular complexity index is 846. The first-order valence-corrected chi connectivity index (χ1v) is 7.82. The summed E-state index contributed by atoms with van der Waals surface area (Å²) in [6.45, 7) is 2.10. The van der Waals surface area contributed by atoms with Gasteiger partial charge in [0.25, 0.3) is 0 Å². The van der Waals surface area contributed by atoms with Crippen molar-refractivity contribution in [2.75, 3.05) is 5.32 Å². The first kappa shape index (κ1) is 16.1. The molecule has 5 nitrogen and oxygen atoms in total. The predicted octanol–water partition coefficient (Wildman–Crippen LogP) is 4.63. The molecular weight excluding hydrogens is 326 g/mol. The SMILES string of the molecule is Cc1oc(-c2ccccc2)nc1CNC(=O)Nc1cccc(Cl)c1. The molecular formula is C18H16ClN3O2. The zero-order valence-corrected chi connectivity index (χ0v) is 13.8. The Morgan fingerprint density at radius 1 is 1.17 bits per heavy atom. The molecule has 6 heteroatoms. The molecule has 0 saturated carbocycles. The molecule has 2 N–H and O–H groups in total. The number of oxazole rings is 1. The van der Waals surface area contributed by atoms with Crippen LogP contribution < -0.4 is 10.6 Å². The Balaban J connectivity index is 1.62. The first-order valence-electron chi connectivity index (χ1n) is 7.44. The lowest BCUT2D eigenvalue weighted by Crippen LogP contribution is -2.28. The normalized spacial score (nSPS) is 10.4. The maximum Gasteiger partial charge on any atom is 0.319 e. The Kier molecular flexibility index (Phi) is 4.82. The maximum absolute atomic E-state index is 12.0. The quantitative estimate of drug-likeness (QED) is 0.727. The van der Waals surface area contributed by atoms with E-state index >= 15 is 0 Å². The number of nitrogens with zero attached hydrogens (tertiary/aromatic N) is 1. The van der Waals surface area contributed by atoms with Crippen LogP contribution in [0.5, 0.6) is 0 Å². The van der Waals surface area contributed by atoms with Crippen molar-refractivity contribution in [2.24, 2.45) is 0 Å². The van der Waals surface area contributed by atoms with Crippen molar-refractivity contribution in [3.8, 4) is 11.5 Å². The van der Waals surface area contributed by atoms with E-state index in [-0.39, 0.29) is 12.6 Å². The van der Waals surface area contributed by atoms with E-state index in [1.807, 2.05) is 37.3 Å². The molecule has 0 unspecified atom stereocenters. The third kappa shape index (κ3) is 3.94. The van der Waals surface area contributed by atoms with Crippen molar-refractivity contribution >= 4 is 23.3 Å². The van der Waals surface area contributed by atoms with Crippen molar-refractivity contribution in [2.45, 2.75) is 13.5 Å². The molecule has 0 bridgehead atoms. The maximum atomic E-state index is 12.0. The second kappa shape index (κ2) is 7.19. The second-order valence-corrected chi connectivity index (χ2v) is 5.64. The summed E-state index contributed by atoms with van der Waals surface area (Å²) in [4.78, 5) is 16.4. The number of nitrogens with one attached hydrogen (secondary N) is 2. The molecule has 2 amide bonds. The van der Waals surface area contributed by atoms with E-state index in [1.165, 1.54) is 0 Å². The van der Waals surface area contributed by atoms with Crippen LogP contribution in [-0.2, 0) is 6.54 Å². The Hall–Kier alpha value is -2.79. The molecule has 0 radical (unpaired) electrons. The summed E-state index contributed by atoms with van der Waals surface area (Å²) in [7, 11) is 0. The van der Waals surface area contributed by atoms with E-state index in [0.29, 0.717) is 28.1 Å². The van der Waals surface area contributed by atoms with E-state index in [9.17, 15) is 4.79 Å². The molecule has 0 saturated heterocycles. The lowest BCUT2D eigenvalue weighted by molar-refractivity contribution is 0.251. The van der Waals surface area contributed by atoms with Crippen LogP contribution in [0.3, 0.4) is 0 Å². The van der Waals surface area contributed by atoms with Gasteiger partial charge in [-0.1, -0.05) is 35.9 Å². The number of benzene rings is 2. The molecule has 3 aromatic rings. The van der Waals surface area contributed by atoms with Crippen LogP contribution in [0.4, 0.5) is 10.5 Å². The van der Waals surface area contributed by atoms with Crippen molar-refractivity contribution in [1.82, 2.24) is 10.3 Å². The minimum Gasteiger partial charge on any atom is -0.441 e. The van der Waals surface area contributed by atoms with Gasteiger partial charge in [0.15, 0.2) is 0 Å². The molecule has 122 valence electrons. The predicted molar refractivity (Wildman–Crippen MR) is 94.0 cm³/mol. The van der Waals surface area contributed by atoms with Gasteiger partial charge in [-0.15, -0.1) is 0 Å². The lowest BCUT2D eigenvalue weighted by Gasteiger charge is -2.06. The molecule has 1 heterocycles. The van der Waals surface area contributed by atoms with Gasteiger partial charge in [0.05, 0.1) is 6.54 Å². The van der Waals surface area contributed by atoms with Crippen LogP contribution in [0, 0.1) is 6.92 Å². The van der Waals surface area contributed by atoms with Gasteiger partial charge < -0.3 is 15.1 Å². The van der Waals surface area contributed by atoms with E-state index in [2.05, 4.69) is 15.6 Å². The average Bonchev–Trinajstić information content (AvgIpc) is 2.95. The Morgan fingerprint density at radius 3 is 2.71 bits per heavy atom. The Labute approximate surface area is 144 Å². The number of rotatable bonds is 4. The number of amides is 2. The zero-order valence-electron chi connectivity index (χ0n) is 13.0. The summed E-state index contributed by atoms with van der Waals surface area (Å²) >= 11 is 5.89. The minimum atomic E-state index is -0.332. The molecule has 24 heavy (non-hydrogen) atoms. The second-order valence-electron chi connectivity index (χ2n) is 5.21. The number of anilines is 1. The largest absolute Gasteiger partial charge is 0.441 e. The summed E-state index contributed by atoms with van der Waals surface area (Å²) in [6.07, 6.45) is 0. The smallest absolute Gasteiger partial charge is 0.319 e. The van der Waals surface area contributed by atoms with Gasteiger partial charge in [-0.25, -0.2) is 9.78 Å². The molecule has 0 aliphatic carbocycles. The highest BCUT2D eigenvalue weighted by Crippen LogP contribution is 2.21. The fraction of sp³-hybridized carbons (Fsp3) is 0.111. The summed E-state index contributed by atoms with van der Waals surface area (Å²) in [5, 5.41) is 6.04. The van der Waals surface area contributed by atoms with Crippen LogP contribution >= 0.6 is 11.6 Å². The number of carbonyl (C=O) groups is 1. The van der Waals surface area contributed by atoms with Gasteiger partial charge in [-0.2, -0.15) is 0 Å². The standard InChI is InChI=1S/C18H16ClN3O2/c1-12-16(22-17(24-12)13-6-3-2-4-7-13)11-20-18(23)21-15-9-5-8-14(19)10-15/h2-10H,11H2,1H3,(H2,20,21,23). The molecule has 0 spiro atoms. The van der Waals surface area contributed by atoms with Crippen molar-refractivity contribution < 1.29 is 9.21 Å². The van der Waals surface area contributed by atoms with E-state index in [0.717, 1.165) is 5.56 Å². The monoisotopic (exact) mass is 341 g/mol. The molecule has 0 aliphatic heterocycles. The number of urea groups is 1. The van der Waals surface area contributed by atoms with E-state index < -0.39 is 0 Å². The van der Waals surface area contributed by atoms with Gasteiger partial charge in [-0.3, -0.25) is 0 Å². The number of hydrogen-bond acceptors (Lipinski definition) is 3. The summed E-state index contributed by atoms with van der Waals surface area (Å²) in [5.41, 5.74) is 2.21. The highest BCUT2D eigenvalue weighted by molar-refractivity contribution is 6.30. The fourth-order valence-electron chi connectivity index (χ4n) is 2.20. The lowest BCUT2D eigenvalue weighted by atomic mass is 10.2. The summed E-state index contributed by atoms with van der Waals surface area (Å²) in [5.74, 6) is 1.22. The third-order valence-corrected chi connectivity index (χ3v) is 3.65.